The summed E-state index contributed by atoms with van der Waals surface area (Å²) in [4.78, 5) is 23.8. The molecule has 0 radical (unpaired) electrons. The first-order chi connectivity index (χ1) is 10.4. The van der Waals surface area contributed by atoms with E-state index in [0.29, 0.717) is 5.69 Å². The van der Waals surface area contributed by atoms with Gasteiger partial charge in [0.1, 0.15) is 5.69 Å². The summed E-state index contributed by atoms with van der Waals surface area (Å²) in [6.45, 7) is 3.22. The number of halogens is 1. The van der Waals surface area contributed by atoms with E-state index in [1.807, 2.05) is 12.1 Å². The zero-order chi connectivity index (χ0) is 16.3. The summed E-state index contributed by atoms with van der Waals surface area (Å²) in [5.41, 5.74) is 0.456. The number of rotatable bonds is 4. The average Bonchev–Trinajstić information content (AvgIpc) is 2.50. The summed E-state index contributed by atoms with van der Waals surface area (Å²) >= 11 is 4.39. The SMILES string of the molecule is Cc1nnc(S[C@@H](C)C(=O)Nc2ccc(Br)cc2)n(N)c1=O. The van der Waals surface area contributed by atoms with E-state index in [1.54, 1.807) is 19.1 Å². The Bertz CT molecular complexity index is 747. The molecule has 0 bridgehead atoms. The highest BCUT2D eigenvalue weighted by Gasteiger charge is 2.18. The van der Waals surface area contributed by atoms with E-state index in [9.17, 15) is 9.59 Å². The zero-order valence-corrected chi connectivity index (χ0v) is 14.3. The van der Waals surface area contributed by atoms with Gasteiger partial charge in [-0.2, -0.15) is 4.68 Å². The number of carbonyl (C=O) groups is 1. The first kappa shape index (κ1) is 16.5. The Morgan fingerprint density at radius 3 is 2.64 bits per heavy atom. The molecule has 0 spiro atoms. The molecule has 0 fully saturated rings. The van der Waals surface area contributed by atoms with E-state index >= 15 is 0 Å². The first-order valence-corrected chi connectivity index (χ1v) is 8.00. The summed E-state index contributed by atoms with van der Waals surface area (Å²) in [6.07, 6.45) is 0. The van der Waals surface area contributed by atoms with Crippen LogP contribution < -0.4 is 16.7 Å². The molecule has 2 aromatic rings. The molecule has 1 aromatic carbocycles. The normalized spacial score (nSPS) is 12.0. The van der Waals surface area contributed by atoms with Gasteiger partial charge in [-0.15, -0.1) is 10.2 Å². The maximum absolute atomic E-state index is 12.1. The largest absolute Gasteiger partial charge is 0.334 e. The number of benzene rings is 1. The van der Waals surface area contributed by atoms with Gasteiger partial charge in [-0.1, -0.05) is 27.7 Å². The second-order valence-corrected chi connectivity index (χ2v) is 6.72. The number of nitrogen functional groups attached to an aromatic ring is 1. The second-order valence-electron chi connectivity index (χ2n) is 4.50. The molecule has 0 saturated carbocycles. The zero-order valence-electron chi connectivity index (χ0n) is 11.9. The molecule has 0 unspecified atom stereocenters. The van der Waals surface area contributed by atoms with Gasteiger partial charge in [-0.3, -0.25) is 9.59 Å². The van der Waals surface area contributed by atoms with Crippen molar-refractivity contribution < 1.29 is 4.79 Å². The van der Waals surface area contributed by atoms with E-state index in [0.717, 1.165) is 20.9 Å². The van der Waals surface area contributed by atoms with Crippen LogP contribution in [0.1, 0.15) is 12.6 Å². The van der Waals surface area contributed by atoms with E-state index in [4.69, 9.17) is 5.84 Å². The lowest BCUT2D eigenvalue weighted by Crippen LogP contribution is -2.33. The maximum Gasteiger partial charge on any atom is 0.294 e. The van der Waals surface area contributed by atoms with Gasteiger partial charge in [-0.05, 0) is 38.1 Å². The molecule has 7 nitrogen and oxygen atoms in total. The van der Waals surface area contributed by atoms with Gasteiger partial charge in [0.15, 0.2) is 0 Å². The van der Waals surface area contributed by atoms with Gasteiger partial charge >= 0.3 is 0 Å². The fraction of sp³-hybridized carbons (Fsp3) is 0.231. The third kappa shape index (κ3) is 3.86. The molecule has 1 heterocycles. The van der Waals surface area contributed by atoms with E-state index in [1.165, 1.54) is 6.92 Å². The number of hydrogen-bond donors (Lipinski definition) is 2. The Morgan fingerprint density at radius 2 is 2.00 bits per heavy atom. The minimum Gasteiger partial charge on any atom is -0.334 e. The Balaban J connectivity index is 2.07. The lowest BCUT2D eigenvalue weighted by molar-refractivity contribution is -0.115. The number of nitrogens with zero attached hydrogens (tertiary/aromatic N) is 3. The van der Waals surface area contributed by atoms with Crippen LogP contribution in [0.3, 0.4) is 0 Å². The number of hydrogen-bond acceptors (Lipinski definition) is 6. The van der Waals surface area contributed by atoms with Gasteiger partial charge in [0.2, 0.25) is 11.1 Å². The average molecular weight is 384 g/mol. The monoisotopic (exact) mass is 383 g/mol. The molecule has 22 heavy (non-hydrogen) atoms. The number of amides is 1. The predicted molar refractivity (Wildman–Crippen MR) is 89.3 cm³/mol. The van der Waals surface area contributed by atoms with Crippen molar-refractivity contribution in [1.82, 2.24) is 14.9 Å². The summed E-state index contributed by atoms with van der Waals surface area (Å²) < 4.78 is 1.83. The van der Waals surface area contributed by atoms with Gasteiger partial charge < -0.3 is 11.2 Å². The van der Waals surface area contributed by atoms with E-state index in [2.05, 4.69) is 31.4 Å². The minimum atomic E-state index is -0.491. The number of aromatic nitrogens is 3. The van der Waals surface area contributed by atoms with Gasteiger partial charge in [0, 0.05) is 10.2 Å². The topological polar surface area (TPSA) is 103 Å². The van der Waals surface area contributed by atoms with Gasteiger partial charge in [-0.25, -0.2) is 0 Å². The Kier molecular flexibility index (Phi) is 5.19. The van der Waals surface area contributed by atoms with Gasteiger partial charge in [0.25, 0.3) is 5.56 Å². The molecule has 9 heteroatoms. The number of aryl methyl sites for hydroxylation is 1. The molecule has 1 aromatic heterocycles. The van der Waals surface area contributed by atoms with Crippen LogP contribution in [0.2, 0.25) is 0 Å². The summed E-state index contributed by atoms with van der Waals surface area (Å²) in [5, 5.41) is 10.0. The predicted octanol–water partition coefficient (Wildman–Crippen LogP) is 1.54. The summed E-state index contributed by atoms with van der Waals surface area (Å²) in [7, 11) is 0. The van der Waals surface area contributed by atoms with Crippen molar-refractivity contribution in [3.05, 3.63) is 44.8 Å². The first-order valence-electron chi connectivity index (χ1n) is 6.33. The molecule has 2 rings (SSSR count). The molecular formula is C13H14BrN5O2S. The molecule has 0 aliphatic carbocycles. The highest BCUT2D eigenvalue weighted by atomic mass is 79.9. The van der Waals surface area contributed by atoms with E-state index in [-0.39, 0.29) is 16.8 Å². The van der Waals surface area contributed by atoms with Crippen LogP contribution in [0, 0.1) is 6.92 Å². The third-order valence-electron chi connectivity index (χ3n) is 2.78. The lowest BCUT2D eigenvalue weighted by Gasteiger charge is -2.12. The van der Waals surface area contributed by atoms with Gasteiger partial charge in [0.05, 0.1) is 5.25 Å². The fourth-order valence-electron chi connectivity index (χ4n) is 1.54. The van der Waals surface area contributed by atoms with Crippen LogP contribution in [-0.2, 0) is 4.79 Å². The summed E-state index contributed by atoms with van der Waals surface area (Å²) in [6, 6.07) is 7.22. The van der Waals surface area contributed by atoms with Crippen molar-refractivity contribution in [1.29, 1.82) is 0 Å². The van der Waals surface area contributed by atoms with Crippen LogP contribution in [-0.4, -0.2) is 26.0 Å². The molecule has 116 valence electrons. The van der Waals surface area contributed by atoms with Crippen molar-refractivity contribution >= 4 is 39.3 Å². The minimum absolute atomic E-state index is 0.189. The third-order valence-corrected chi connectivity index (χ3v) is 4.37. The highest BCUT2D eigenvalue weighted by Crippen LogP contribution is 2.21. The van der Waals surface area contributed by atoms with Crippen LogP contribution in [0.5, 0.6) is 0 Å². The van der Waals surface area contributed by atoms with Crippen LogP contribution >= 0.6 is 27.7 Å². The Labute approximate surface area is 139 Å². The Hall–Kier alpha value is -1.87. The summed E-state index contributed by atoms with van der Waals surface area (Å²) in [5.74, 6) is 5.42. The number of nitrogens with two attached hydrogens (primary N) is 1. The number of thioether (sulfide) groups is 1. The molecule has 0 aliphatic heterocycles. The smallest absolute Gasteiger partial charge is 0.294 e. The van der Waals surface area contributed by atoms with Crippen LogP contribution in [0.4, 0.5) is 5.69 Å². The molecule has 3 N–H and O–H groups in total. The standard InChI is InChI=1S/C13H14BrN5O2S/c1-7-12(21)19(15)13(18-17-7)22-8(2)11(20)16-10-5-3-9(14)4-6-10/h3-6,8H,15H2,1-2H3,(H,16,20)/t8-/m0/s1. The van der Waals surface area contributed by atoms with Crippen LogP contribution in [0.25, 0.3) is 0 Å². The van der Waals surface area contributed by atoms with Crippen LogP contribution in [0.15, 0.2) is 38.7 Å². The molecule has 1 atom stereocenters. The molecule has 0 aliphatic rings. The van der Waals surface area contributed by atoms with Crippen molar-refractivity contribution in [2.45, 2.75) is 24.3 Å². The number of anilines is 1. The fourth-order valence-corrected chi connectivity index (χ4v) is 2.57. The highest BCUT2D eigenvalue weighted by molar-refractivity contribution is 9.10. The van der Waals surface area contributed by atoms with E-state index < -0.39 is 10.8 Å². The number of nitrogens with one attached hydrogen (secondary N) is 1. The van der Waals surface area contributed by atoms with Crippen molar-refractivity contribution in [2.75, 3.05) is 11.2 Å². The molecular weight excluding hydrogens is 370 g/mol. The second kappa shape index (κ2) is 6.93. The molecule has 0 saturated heterocycles. The molecule has 1 amide bonds. The lowest BCUT2D eigenvalue weighted by atomic mass is 10.3. The Morgan fingerprint density at radius 1 is 1.36 bits per heavy atom. The quantitative estimate of drug-likeness (QED) is 0.613. The van der Waals surface area contributed by atoms with Crippen molar-refractivity contribution in [2.24, 2.45) is 0 Å². The number of carbonyl (C=O) groups excluding carboxylic acids is 1. The van der Waals surface area contributed by atoms with Crippen molar-refractivity contribution in [3.8, 4) is 0 Å². The van der Waals surface area contributed by atoms with Crippen molar-refractivity contribution in [3.63, 3.8) is 0 Å². The maximum atomic E-state index is 12.1.